The van der Waals surface area contributed by atoms with Gasteiger partial charge < -0.3 is 4.90 Å². The van der Waals surface area contributed by atoms with Crippen molar-refractivity contribution in [3.05, 3.63) is 53.6 Å². The van der Waals surface area contributed by atoms with Gasteiger partial charge in [0.05, 0.1) is 14.6 Å². The van der Waals surface area contributed by atoms with Crippen LogP contribution in [0.15, 0.2) is 52.3 Å². The highest BCUT2D eigenvalue weighted by Crippen LogP contribution is 2.50. The predicted molar refractivity (Wildman–Crippen MR) is 142 cm³/mol. The fourth-order valence-corrected chi connectivity index (χ4v) is 8.89. The SMILES string of the molecule is CC(C)(C)NS(=O)(=O)c1cccc(C(=O)N2CC3(CCCCC3)c3cc(S(=N)(=O)C4CC4)ccc32)c1. The second kappa shape index (κ2) is 8.67. The van der Waals surface area contributed by atoms with Crippen molar-refractivity contribution < 1.29 is 17.4 Å². The van der Waals surface area contributed by atoms with E-state index in [-0.39, 0.29) is 21.5 Å². The lowest BCUT2D eigenvalue weighted by atomic mass is 9.71. The normalized spacial score (nSPS) is 21.2. The maximum Gasteiger partial charge on any atom is 0.258 e. The predicted octanol–water partition coefficient (Wildman–Crippen LogP) is 5.19. The quantitative estimate of drug-likeness (QED) is 0.555. The first-order valence-electron chi connectivity index (χ1n) is 12.7. The van der Waals surface area contributed by atoms with Crippen LogP contribution in [0, 0.1) is 4.78 Å². The minimum Gasteiger partial charge on any atom is -0.307 e. The maximum atomic E-state index is 13.8. The summed E-state index contributed by atoms with van der Waals surface area (Å²) in [6, 6.07) is 11.7. The first-order valence-corrected chi connectivity index (χ1v) is 15.8. The van der Waals surface area contributed by atoms with Gasteiger partial charge in [-0.2, -0.15) is 0 Å². The zero-order chi connectivity index (χ0) is 25.9. The number of nitrogens with one attached hydrogen (secondary N) is 2. The van der Waals surface area contributed by atoms with E-state index in [0.717, 1.165) is 56.2 Å². The lowest BCUT2D eigenvalue weighted by molar-refractivity contribution is 0.0982. The van der Waals surface area contributed by atoms with E-state index >= 15 is 0 Å². The number of benzene rings is 2. The van der Waals surface area contributed by atoms with Gasteiger partial charge >= 0.3 is 0 Å². The topological polar surface area (TPSA) is 107 Å². The van der Waals surface area contributed by atoms with Crippen LogP contribution >= 0.6 is 0 Å². The molecular weight excluding hydrogens is 494 g/mol. The number of fused-ring (bicyclic) bond motifs is 2. The molecule has 2 N–H and O–H groups in total. The molecule has 1 heterocycles. The molecule has 2 saturated carbocycles. The maximum absolute atomic E-state index is 13.8. The second-order valence-corrected chi connectivity index (χ2v) is 15.6. The van der Waals surface area contributed by atoms with Crippen LogP contribution in [-0.2, 0) is 25.2 Å². The molecule has 1 atom stereocenters. The summed E-state index contributed by atoms with van der Waals surface area (Å²) in [4.78, 5) is 16.2. The van der Waals surface area contributed by atoms with Crippen LogP contribution in [-0.4, -0.2) is 35.9 Å². The molecule has 0 bridgehead atoms. The highest BCUT2D eigenvalue weighted by molar-refractivity contribution is 7.93. The van der Waals surface area contributed by atoms with Gasteiger partial charge in [0.1, 0.15) is 0 Å². The molecule has 1 unspecified atom stereocenters. The lowest BCUT2D eigenvalue weighted by Gasteiger charge is -2.34. The van der Waals surface area contributed by atoms with Crippen molar-refractivity contribution in [2.45, 2.75) is 91.7 Å². The molecule has 3 aliphatic rings. The van der Waals surface area contributed by atoms with Gasteiger partial charge in [-0.15, -0.1) is 0 Å². The van der Waals surface area contributed by atoms with Crippen molar-refractivity contribution in [2.75, 3.05) is 11.4 Å². The minimum atomic E-state index is -3.78. The molecule has 2 aromatic carbocycles. The summed E-state index contributed by atoms with van der Waals surface area (Å²) in [7, 11) is -6.63. The number of anilines is 1. The summed E-state index contributed by atoms with van der Waals surface area (Å²) in [5.41, 5.74) is 1.27. The highest BCUT2D eigenvalue weighted by Gasteiger charge is 2.46. The minimum absolute atomic E-state index is 0.0591. The van der Waals surface area contributed by atoms with Crippen molar-refractivity contribution in [3.63, 3.8) is 0 Å². The molecule has 7 nitrogen and oxygen atoms in total. The van der Waals surface area contributed by atoms with Gasteiger partial charge in [-0.3, -0.25) is 4.79 Å². The smallest absolute Gasteiger partial charge is 0.258 e. The van der Waals surface area contributed by atoms with Crippen LogP contribution in [0.1, 0.15) is 81.6 Å². The fraction of sp³-hybridized carbons (Fsp3) is 0.519. The average molecular weight is 530 g/mol. The number of carbonyl (C=O) groups is 1. The van der Waals surface area contributed by atoms with Crippen LogP contribution < -0.4 is 9.62 Å². The fourth-order valence-electron chi connectivity index (χ4n) is 5.68. The van der Waals surface area contributed by atoms with Gasteiger partial charge in [0.25, 0.3) is 5.91 Å². The molecule has 0 saturated heterocycles. The molecule has 1 spiro atoms. The molecular formula is C27H35N3O4S2. The molecule has 0 aromatic heterocycles. The van der Waals surface area contributed by atoms with Gasteiger partial charge in [0.15, 0.2) is 0 Å². The summed E-state index contributed by atoms with van der Waals surface area (Å²) >= 11 is 0. The van der Waals surface area contributed by atoms with Crippen molar-refractivity contribution in [2.24, 2.45) is 0 Å². The summed E-state index contributed by atoms with van der Waals surface area (Å²) < 4.78 is 50.2. The third-order valence-corrected chi connectivity index (χ3v) is 11.6. The number of nitrogens with zero attached hydrogens (tertiary/aromatic N) is 1. The van der Waals surface area contributed by atoms with E-state index in [1.807, 2.05) is 12.1 Å². The standard InChI is InChI=1S/C27H35N3O4S2/c1-26(2,3)29-36(33,34)22-9-7-8-19(16-22)25(31)30-18-27(14-5-4-6-15-27)23-17-21(12-13-24(23)30)35(28,32)20-10-11-20/h7-9,12-13,16-17,20,28-29H,4-6,10-11,14-15,18H2,1-3H3. The summed E-state index contributed by atoms with van der Waals surface area (Å²) in [6.45, 7) is 5.84. The molecule has 36 heavy (non-hydrogen) atoms. The first kappa shape index (κ1) is 25.4. The molecule has 2 fully saturated rings. The van der Waals surface area contributed by atoms with Crippen molar-refractivity contribution in [1.82, 2.24) is 4.72 Å². The molecule has 9 heteroatoms. The number of hydrogen-bond donors (Lipinski definition) is 2. The van der Waals surface area contributed by atoms with E-state index in [4.69, 9.17) is 4.78 Å². The highest BCUT2D eigenvalue weighted by atomic mass is 32.2. The van der Waals surface area contributed by atoms with E-state index in [2.05, 4.69) is 4.72 Å². The zero-order valence-electron chi connectivity index (χ0n) is 21.2. The molecule has 2 aromatic rings. The lowest BCUT2D eigenvalue weighted by Crippen LogP contribution is -2.40. The number of carbonyl (C=O) groups excluding carboxylic acids is 1. The monoisotopic (exact) mass is 529 g/mol. The Balaban J connectivity index is 1.53. The Morgan fingerprint density at radius 1 is 1.00 bits per heavy atom. The molecule has 0 radical (unpaired) electrons. The van der Waals surface area contributed by atoms with Gasteiger partial charge in [0, 0.05) is 38.9 Å². The second-order valence-electron chi connectivity index (χ2n) is 11.6. The van der Waals surface area contributed by atoms with Crippen LogP contribution in [0.2, 0.25) is 0 Å². The third kappa shape index (κ3) is 4.61. The summed E-state index contributed by atoms with van der Waals surface area (Å²) in [6.07, 6.45) is 6.84. The average Bonchev–Trinajstić information content (AvgIpc) is 3.63. The van der Waals surface area contributed by atoms with Crippen LogP contribution in [0.4, 0.5) is 5.69 Å². The Labute approximate surface area is 214 Å². The van der Waals surface area contributed by atoms with Crippen molar-refractivity contribution >= 4 is 31.3 Å². The van der Waals surface area contributed by atoms with Crippen molar-refractivity contribution in [3.8, 4) is 0 Å². The Morgan fingerprint density at radius 2 is 1.69 bits per heavy atom. The Bertz CT molecular complexity index is 1420. The molecule has 1 amide bonds. The number of rotatable bonds is 5. The summed E-state index contributed by atoms with van der Waals surface area (Å²) in [5, 5.41) is -0.0663. The van der Waals surface area contributed by atoms with E-state index in [1.54, 1.807) is 43.9 Å². The first-order chi connectivity index (χ1) is 16.8. The number of amides is 1. The molecule has 2 aliphatic carbocycles. The molecule has 5 rings (SSSR count). The van der Waals surface area contributed by atoms with E-state index in [1.165, 1.54) is 12.1 Å². The zero-order valence-corrected chi connectivity index (χ0v) is 22.8. The summed E-state index contributed by atoms with van der Waals surface area (Å²) in [5.74, 6) is -0.243. The van der Waals surface area contributed by atoms with Crippen LogP contribution in [0.3, 0.4) is 0 Å². The number of sulfonamides is 1. The molecule has 1 aliphatic heterocycles. The largest absolute Gasteiger partial charge is 0.307 e. The van der Waals surface area contributed by atoms with E-state index in [0.29, 0.717) is 17.0 Å². The van der Waals surface area contributed by atoms with Crippen LogP contribution in [0.25, 0.3) is 0 Å². The Morgan fingerprint density at radius 3 is 2.33 bits per heavy atom. The van der Waals surface area contributed by atoms with Crippen LogP contribution in [0.5, 0.6) is 0 Å². The Hall–Kier alpha value is -2.23. The number of hydrogen-bond acceptors (Lipinski definition) is 5. The Kier molecular flexibility index (Phi) is 6.12. The molecule has 194 valence electrons. The van der Waals surface area contributed by atoms with Gasteiger partial charge in [0.2, 0.25) is 10.0 Å². The van der Waals surface area contributed by atoms with Gasteiger partial charge in [-0.1, -0.05) is 25.3 Å². The third-order valence-electron chi connectivity index (χ3n) is 7.52. The van der Waals surface area contributed by atoms with Crippen molar-refractivity contribution in [1.29, 1.82) is 4.78 Å². The van der Waals surface area contributed by atoms with E-state index < -0.39 is 25.3 Å². The van der Waals surface area contributed by atoms with E-state index in [9.17, 15) is 17.4 Å². The van der Waals surface area contributed by atoms with Gasteiger partial charge in [-0.05, 0) is 88.4 Å². The van der Waals surface area contributed by atoms with Gasteiger partial charge in [-0.25, -0.2) is 22.1 Å².